The molecule has 3 rings (SSSR count). The van der Waals surface area contributed by atoms with E-state index in [4.69, 9.17) is 14.5 Å². The second-order valence-corrected chi connectivity index (χ2v) is 5.66. The quantitative estimate of drug-likeness (QED) is 0.768. The van der Waals surface area contributed by atoms with Crippen molar-refractivity contribution in [3.63, 3.8) is 0 Å². The van der Waals surface area contributed by atoms with Crippen LogP contribution in [0, 0.1) is 6.92 Å². The Morgan fingerprint density at radius 2 is 1.76 bits per heavy atom. The summed E-state index contributed by atoms with van der Waals surface area (Å²) in [4.78, 5) is 8.05. The van der Waals surface area contributed by atoms with Crippen molar-refractivity contribution in [3.05, 3.63) is 40.4 Å². The lowest BCUT2D eigenvalue weighted by molar-refractivity contribution is 0.397. The summed E-state index contributed by atoms with van der Waals surface area (Å²) in [5.41, 5.74) is 3.86. The summed E-state index contributed by atoms with van der Waals surface area (Å²) in [6, 6.07) is 9.75. The first kappa shape index (κ1) is 13.9. The van der Waals surface area contributed by atoms with E-state index in [-0.39, 0.29) is 0 Å². The Labute approximate surface area is 131 Å². The van der Waals surface area contributed by atoms with Gasteiger partial charge in [-0.15, -0.1) is 0 Å². The molecule has 0 unspecified atom stereocenters. The van der Waals surface area contributed by atoms with Crippen molar-refractivity contribution in [2.45, 2.75) is 6.92 Å². The average molecular weight is 347 g/mol. The zero-order valence-corrected chi connectivity index (χ0v) is 13.6. The van der Waals surface area contributed by atoms with Gasteiger partial charge in [0.15, 0.2) is 0 Å². The fourth-order valence-electron chi connectivity index (χ4n) is 2.45. The van der Waals surface area contributed by atoms with Gasteiger partial charge in [-0.05, 0) is 36.8 Å². The van der Waals surface area contributed by atoms with Crippen LogP contribution in [0.3, 0.4) is 0 Å². The molecule has 4 nitrogen and oxygen atoms in total. The molecule has 0 atom stereocenters. The zero-order chi connectivity index (χ0) is 15.0. The number of imidazole rings is 1. The number of aromatic amines is 1. The minimum absolute atomic E-state index is 0.727. The van der Waals surface area contributed by atoms with E-state index in [9.17, 15) is 0 Å². The molecule has 0 amide bonds. The molecule has 3 aromatic rings. The number of H-pyrrole nitrogens is 1. The van der Waals surface area contributed by atoms with Crippen LogP contribution in [-0.4, -0.2) is 24.2 Å². The van der Waals surface area contributed by atoms with E-state index in [2.05, 4.69) is 20.9 Å². The summed E-state index contributed by atoms with van der Waals surface area (Å²) in [5.74, 6) is 2.19. The Balaban J connectivity index is 2.28. The van der Waals surface area contributed by atoms with Crippen LogP contribution < -0.4 is 9.47 Å². The molecule has 0 fully saturated rings. The molecule has 0 aliphatic carbocycles. The van der Waals surface area contributed by atoms with Gasteiger partial charge in [-0.1, -0.05) is 22.0 Å². The van der Waals surface area contributed by atoms with Crippen LogP contribution in [0.4, 0.5) is 0 Å². The van der Waals surface area contributed by atoms with Crippen molar-refractivity contribution in [1.29, 1.82) is 0 Å². The minimum Gasteiger partial charge on any atom is -0.496 e. The maximum absolute atomic E-state index is 5.44. The highest BCUT2D eigenvalue weighted by Crippen LogP contribution is 2.38. The molecule has 108 valence electrons. The first-order chi connectivity index (χ1) is 10.1. The average Bonchev–Trinajstić information content (AvgIpc) is 2.90. The normalized spacial score (nSPS) is 10.9. The first-order valence-electron chi connectivity index (χ1n) is 6.51. The molecule has 0 spiro atoms. The molecule has 1 aromatic heterocycles. The van der Waals surface area contributed by atoms with Crippen LogP contribution in [0.15, 0.2) is 34.8 Å². The van der Waals surface area contributed by atoms with Crippen LogP contribution in [0.5, 0.6) is 11.5 Å². The minimum atomic E-state index is 0.727. The van der Waals surface area contributed by atoms with Gasteiger partial charge in [-0.25, -0.2) is 4.98 Å². The molecule has 1 heterocycles. The Bertz CT molecular complexity index is 789. The highest BCUT2D eigenvalue weighted by atomic mass is 79.9. The number of halogens is 1. The van der Waals surface area contributed by atoms with Gasteiger partial charge in [0.25, 0.3) is 0 Å². The number of ether oxygens (including phenoxy) is 2. The number of methoxy groups -OCH3 is 2. The number of aromatic nitrogens is 2. The number of nitrogens with zero attached hydrogens (tertiary/aromatic N) is 1. The number of aryl methyl sites for hydroxylation is 1. The molecule has 0 saturated carbocycles. The number of rotatable bonds is 3. The lowest BCUT2D eigenvalue weighted by Gasteiger charge is -2.10. The standard InChI is InChI=1S/C16H15BrN2O2/c1-9-7-10(17)8-11-15(9)19-16(18-11)14-12(20-2)5-4-6-13(14)21-3/h4-8H,1-3H3,(H,18,19). The van der Waals surface area contributed by atoms with Gasteiger partial charge in [0, 0.05) is 4.47 Å². The van der Waals surface area contributed by atoms with Gasteiger partial charge in [-0.3, -0.25) is 0 Å². The van der Waals surface area contributed by atoms with Crippen molar-refractivity contribution >= 4 is 27.0 Å². The summed E-state index contributed by atoms with van der Waals surface area (Å²) in [6.07, 6.45) is 0. The van der Waals surface area contributed by atoms with Gasteiger partial charge < -0.3 is 14.5 Å². The maximum atomic E-state index is 5.44. The lowest BCUT2D eigenvalue weighted by Crippen LogP contribution is -1.94. The summed E-state index contributed by atoms with van der Waals surface area (Å²) in [5, 5.41) is 0. The molecule has 1 N–H and O–H groups in total. The monoisotopic (exact) mass is 346 g/mol. The summed E-state index contributed by atoms with van der Waals surface area (Å²) in [7, 11) is 3.28. The van der Waals surface area contributed by atoms with Crippen molar-refractivity contribution < 1.29 is 9.47 Å². The summed E-state index contributed by atoms with van der Waals surface area (Å²) >= 11 is 3.51. The number of benzene rings is 2. The number of fused-ring (bicyclic) bond motifs is 1. The molecule has 0 aliphatic rings. The molecule has 5 heteroatoms. The highest BCUT2D eigenvalue weighted by Gasteiger charge is 2.17. The molecular formula is C16H15BrN2O2. The fraction of sp³-hybridized carbons (Fsp3) is 0.188. The fourth-order valence-corrected chi connectivity index (χ4v) is 3.02. The van der Waals surface area contributed by atoms with Crippen molar-refractivity contribution in [1.82, 2.24) is 9.97 Å². The molecule has 0 bridgehead atoms. The van der Waals surface area contributed by atoms with Crippen molar-refractivity contribution in [2.24, 2.45) is 0 Å². The topological polar surface area (TPSA) is 47.1 Å². The van der Waals surface area contributed by atoms with Crippen molar-refractivity contribution in [2.75, 3.05) is 14.2 Å². The van der Waals surface area contributed by atoms with Crippen LogP contribution in [0.1, 0.15) is 5.56 Å². The third-order valence-corrected chi connectivity index (χ3v) is 3.86. The van der Waals surface area contributed by atoms with Gasteiger partial charge in [-0.2, -0.15) is 0 Å². The first-order valence-corrected chi connectivity index (χ1v) is 7.30. The van der Waals surface area contributed by atoms with E-state index in [1.807, 2.05) is 37.3 Å². The maximum Gasteiger partial charge on any atom is 0.146 e. The van der Waals surface area contributed by atoms with Crippen molar-refractivity contribution in [3.8, 4) is 22.9 Å². The summed E-state index contributed by atoms with van der Waals surface area (Å²) in [6.45, 7) is 2.04. The number of hydrogen-bond acceptors (Lipinski definition) is 3. The smallest absolute Gasteiger partial charge is 0.146 e. The zero-order valence-electron chi connectivity index (χ0n) is 12.0. The van der Waals surface area contributed by atoms with Gasteiger partial charge in [0.05, 0.1) is 25.3 Å². The lowest BCUT2D eigenvalue weighted by atomic mass is 10.1. The van der Waals surface area contributed by atoms with E-state index in [1.54, 1.807) is 14.2 Å². The second kappa shape index (κ2) is 5.41. The number of nitrogens with one attached hydrogen (secondary N) is 1. The van der Waals surface area contributed by atoms with E-state index in [1.165, 1.54) is 0 Å². The largest absolute Gasteiger partial charge is 0.496 e. The summed E-state index contributed by atoms with van der Waals surface area (Å²) < 4.78 is 11.9. The van der Waals surface area contributed by atoms with Gasteiger partial charge in [0.2, 0.25) is 0 Å². The molecule has 0 aliphatic heterocycles. The Morgan fingerprint density at radius 3 is 2.38 bits per heavy atom. The van der Waals surface area contributed by atoms with Gasteiger partial charge >= 0.3 is 0 Å². The molecule has 0 saturated heterocycles. The van der Waals surface area contributed by atoms with Gasteiger partial charge in [0.1, 0.15) is 22.9 Å². The molecule has 2 aromatic carbocycles. The van der Waals surface area contributed by atoms with E-state index >= 15 is 0 Å². The van der Waals surface area contributed by atoms with Crippen LogP contribution in [0.2, 0.25) is 0 Å². The van der Waals surface area contributed by atoms with Crippen LogP contribution in [0.25, 0.3) is 22.4 Å². The third kappa shape index (κ3) is 2.38. The predicted molar refractivity (Wildman–Crippen MR) is 87.1 cm³/mol. The van der Waals surface area contributed by atoms with E-state index in [0.29, 0.717) is 0 Å². The molecular weight excluding hydrogens is 332 g/mol. The Kier molecular flexibility index (Phi) is 3.59. The Morgan fingerprint density at radius 1 is 1.10 bits per heavy atom. The highest BCUT2D eigenvalue weighted by molar-refractivity contribution is 9.10. The third-order valence-electron chi connectivity index (χ3n) is 3.41. The Hall–Kier alpha value is -2.01. The molecule has 21 heavy (non-hydrogen) atoms. The van der Waals surface area contributed by atoms with E-state index < -0.39 is 0 Å². The van der Waals surface area contributed by atoms with E-state index in [0.717, 1.165) is 44.0 Å². The molecule has 0 radical (unpaired) electrons. The SMILES string of the molecule is COc1cccc(OC)c1-c1nc2c(C)cc(Br)cc2[nH]1. The predicted octanol–water partition coefficient (Wildman–Crippen LogP) is 4.32. The number of hydrogen-bond donors (Lipinski definition) is 1. The second-order valence-electron chi connectivity index (χ2n) is 4.74. The van der Waals surface area contributed by atoms with Crippen LogP contribution >= 0.6 is 15.9 Å². The van der Waals surface area contributed by atoms with Crippen LogP contribution in [-0.2, 0) is 0 Å².